The van der Waals surface area contributed by atoms with E-state index in [4.69, 9.17) is 16.0 Å². The van der Waals surface area contributed by atoms with Crippen LogP contribution < -0.4 is 5.32 Å². The van der Waals surface area contributed by atoms with Crippen molar-refractivity contribution in [3.8, 4) is 11.3 Å². The van der Waals surface area contributed by atoms with Crippen LogP contribution in [0.3, 0.4) is 0 Å². The first-order valence-corrected chi connectivity index (χ1v) is 7.99. The van der Waals surface area contributed by atoms with Gasteiger partial charge in [-0.2, -0.15) is 0 Å². The Labute approximate surface area is 144 Å². The molecule has 3 rings (SSSR count). The van der Waals surface area contributed by atoms with Gasteiger partial charge in [0.25, 0.3) is 0 Å². The molecule has 5 heteroatoms. The van der Waals surface area contributed by atoms with Gasteiger partial charge in [-0.1, -0.05) is 29.8 Å². The van der Waals surface area contributed by atoms with Crippen LogP contribution >= 0.6 is 11.6 Å². The van der Waals surface area contributed by atoms with Crippen LogP contribution in [0.5, 0.6) is 0 Å². The third kappa shape index (κ3) is 4.02. The van der Waals surface area contributed by atoms with Crippen molar-refractivity contribution in [1.82, 2.24) is 5.32 Å². The molecule has 2 aromatic carbocycles. The summed E-state index contributed by atoms with van der Waals surface area (Å²) in [5.74, 6) is 0.733. The Morgan fingerprint density at radius 2 is 1.79 bits per heavy atom. The summed E-state index contributed by atoms with van der Waals surface area (Å²) in [5, 5.41) is 3.28. The highest BCUT2D eigenvalue weighted by Gasteiger charge is 2.08. The molecular formula is C19H16ClF2NO. The summed E-state index contributed by atoms with van der Waals surface area (Å²) in [7, 11) is 0. The molecule has 0 radical (unpaired) electrons. The fourth-order valence-corrected chi connectivity index (χ4v) is 2.59. The Hall–Kier alpha value is -2.17. The minimum atomic E-state index is -0.456. The van der Waals surface area contributed by atoms with Gasteiger partial charge >= 0.3 is 0 Å². The van der Waals surface area contributed by atoms with Gasteiger partial charge < -0.3 is 9.73 Å². The minimum Gasteiger partial charge on any atom is -0.460 e. The number of hydrogen-bond donors (Lipinski definition) is 1. The molecule has 1 N–H and O–H groups in total. The molecule has 0 unspecified atom stereocenters. The van der Waals surface area contributed by atoms with E-state index in [2.05, 4.69) is 5.32 Å². The zero-order valence-corrected chi connectivity index (χ0v) is 13.6. The lowest BCUT2D eigenvalue weighted by atomic mass is 10.1. The molecule has 1 aromatic heterocycles. The number of nitrogens with one attached hydrogen (secondary N) is 1. The summed E-state index contributed by atoms with van der Waals surface area (Å²) in [6, 6.07) is 14.9. The van der Waals surface area contributed by atoms with Crippen LogP contribution in [-0.4, -0.2) is 6.54 Å². The van der Waals surface area contributed by atoms with Crippen molar-refractivity contribution in [2.75, 3.05) is 6.54 Å². The largest absolute Gasteiger partial charge is 0.460 e. The smallest absolute Gasteiger partial charge is 0.141 e. The lowest BCUT2D eigenvalue weighted by molar-refractivity contribution is 0.493. The maximum atomic E-state index is 13.5. The van der Waals surface area contributed by atoms with Gasteiger partial charge in [-0.3, -0.25) is 0 Å². The zero-order chi connectivity index (χ0) is 16.9. The second-order valence-corrected chi connectivity index (χ2v) is 5.82. The number of hydrogen-bond acceptors (Lipinski definition) is 2. The molecule has 0 aliphatic carbocycles. The fraction of sp³-hybridized carbons (Fsp3) is 0.158. The monoisotopic (exact) mass is 347 g/mol. The third-order valence-corrected chi connectivity index (χ3v) is 3.98. The second-order valence-electron chi connectivity index (χ2n) is 5.41. The Morgan fingerprint density at radius 3 is 2.58 bits per heavy atom. The van der Waals surface area contributed by atoms with Crippen molar-refractivity contribution in [3.63, 3.8) is 0 Å². The molecule has 0 spiro atoms. The maximum Gasteiger partial charge on any atom is 0.141 e. The Morgan fingerprint density at radius 1 is 0.958 bits per heavy atom. The predicted molar refractivity (Wildman–Crippen MR) is 90.9 cm³/mol. The summed E-state index contributed by atoms with van der Waals surface area (Å²) in [4.78, 5) is 0. The van der Waals surface area contributed by atoms with Crippen molar-refractivity contribution in [1.29, 1.82) is 0 Å². The van der Waals surface area contributed by atoms with Crippen LogP contribution in [0, 0.1) is 11.6 Å². The highest BCUT2D eigenvalue weighted by molar-refractivity contribution is 6.31. The van der Waals surface area contributed by atoms with E-state index in [1.54, 1.807) is 18.2 Å². The average molecular weight is 348 g/mol. The Kier molecular flexibility index (Phi) is 5.28. The molecule has 0 atom stereocenters. The van der Waals surface area contributed by atoms with Gasteiger partial charge in [0.1, 0.15) is 23.2 Å². The lowest BCUT2D eigenvalue weighted by Crippen LogP contribution is -2.16. The van der Waals surface area contributed by atoms with E-state index in [1.165, 1.54) is 18.2 Å². The van der Waals surface area contributed by atoms with Crippen LogP contribution in [0.15, 0.2) is 59.0 Å². The van der Waals surface area contributed by atoms with E-state index in [0.717, 1.165) is 11.3 Å². The van der Waals surface area contributed by atoms with Crippen molar-refractivity contribution >= 4 is 11.6 Å². The van der Waals surface area contributed by atoms with Crippen molar-refractivity contribution in [2.24, 2.45) is 0 Å². The fourth-order valence-electron chi connectivity index (χ4n) is 2.41. The first kappa shape index (κ1) is 16.7. The first-order chi connectivity index (χ1) is 11.6. The van der Waals surface area contributed by atoms with Crippen LogP contribution in [0.1, 0.15) is 11.3 Å². The van der Waals surface area contributed by atoms with Crippen molar-refractivity contribution in [3.05, 3.63) is 82.6 Å². The van der Waals surface area contributed by atoms with E-state index in [-0.39, 0.29) is 10.8 Å². The molecule has 0 fully saturated rings. The van der Waals surface area contributed by atoms with E-state index in [1.807, 2.05) is 18.2 Å². The van der Waals surface area contributed by atoms with Gasteiger partial charge in [0.2, 0.25) is 0 Å². The highest BCUT2D eigenvalue weighted by Crippen LogP contribution is 2.26. The molecule has 0 amide bonds. The van der Waals surface area contributed by atoms with E-state index in [0.29, 0.717) is 30.8 Å². The summed E-state index contributed by atoms with van der Waals surface area (Å²) in [6.07, 6.45) is 0.605. The SMILES string of the molecule is Fc1ccc(-c2ccc(CNCCc3ccccc3F)o2)cc1Cl. The second kappa shape index (κ2) is 7.60. The molecule has 0 saturated carbocycles. The summed E-state index contributed by atoms with van der Waals surface area (Å²) in [5.41, 5.74) is 1.41. The number of halogens is 3. The molecule has 3 aromatic rings. The molecule has 0 aliphatic rings. The number of benzene rings is 2. The molecule has 0 aliphatic heterocycles. The van der Waals surface area contributed by atoms with Crippen LogP contribution in [0.25, 0.3) is 11.3 Å². The minimum absolute atomic E-state index is 0.0634. The van der Waals surface area contributed by atoms with Crippen LogP contribution in [0.4, 0.5) is 8.78 Å². The van der Waals surface area contributed by atoms with E-state index in [9.17, 15) is 8.78 Å². The van der Waals surface area contributed by atoms with Gasteiger partial charge in [0.15, 0.2) is 0 Å². The van der Waals surface area contributed by atoms with Gasteiger partial charge in [-0.15, -0.1) is 0 Å². The number of furan rings is 1. The topological polar surface area (TPSA) is 25.2 Å². The van der Waals surface area contributed by atoms with E-state index < -0.39 is 5.82 Å². The average Bonchev–Trinajstić information content (AvgIpc) is 3.04. The Bertz CT molecular complexity index is 832. The molecule has 2 nitrogen and oxygen atoms in total. The third-order valence-electron chi connectivity index (χ3n) is 3.69. The van der Waals surface area contributed by atoms with Crippen LogP contribution in [-0.2, 0) is 13.0 Å². The first-order valence-electron chi connectivity index (χ1n) is 7.62. The van der Waals surface area contributed by atoms with Gasteiger partial charge in [-0.05, 0) is 54.9 Å². The molecule has 0 saturated heterocycles. The predicted octanol–water partition coefficient (Wildman–Crippen LogP) is 5.21. The van der Waals surface area contributed by atoms with Gasteiger partial charge in [-0.25, -0.2) is 8.78 Å². The standard InChI is InChI=1S/C19H16ClF2NO/c20-16-11-14(5-7-18(16)22)19-8-6-15(24-19)12-23-10-9-13-3-1-2-4-17(13)21/h1-8,11,23H,9-10,12H2. The normalized spacial score (nSPS) is 11.0. The summed E-state index contributed by atoms with van der Waals surface area (Å²) in [6.45, 7) is 1.17. The number of rotatable bonds is 6. The zero-order valence-electron chi connectivity index (χ0n) is 12.9. The van der Waals surface area contributed by atoms with Crippen molar-refractivity contribution < 1.29 is 13.2 Å². The molecule has 24 heavy (non-hydrogen) atoms. The molecule has 1 heterocycles. The Balaban J connectivity index is 1.54. The quantitative estimate of drug-likeness (QED) is 0.619. The maximum absolute atomic E-state index is 13.5. The van der Waals surface area contributed by atoms with E-state index >= 15 is 0 Å². The summed E-state index contributed by atoms with van der Waals surface area (Å²) >= 11 is 5.78. The lowest BCUT2D eigenvalue weighted by Gasteiger charge is -2.04. The van der Waals surface area contributed by atoms with Gasteiger partial charge in [0.05, 0.1) is 11.6 Å². The summed E-state index contributed by atoms with van der Waals surface area (Å²) < 4.78 is 32.4. The van der Waals surface area contributed by atoms with Crippen molar-refractivity contribution in [2.45, 2.75) is 13.0 Å². The highest BCUT2D eigenvalue weighted by atomic mass is 35.5. The van der Waals surface area contributed by atoms with Crippen LogP contribution in [0.2, 0.25) is 5.02 Å². The molecular weight excluding hydrogens is 332 g/mol. The molecule has 0 bridgehead atoms. The van der Waals surface area contributed by atoms with Gasteiger partial charge in [0, 0.05) is 5.56 Å². The molecule has 124 valence electrons.